The number of amides is 1. The van der Waals surface area contributed by atoms with Crippen molar-refractivity contribution in [1.29, 1.82) is 5.26 Å². The molecule has 2 rings (SSSR count). The van der Waals surface area contributed by atoms with Crippen LogP contribution in [-0.4, -0.2) is 22.2 Å². The van der Waals surface area contributed by atoms with E-state index in [0.717, 1.165) is 42.3 Å². The van der Waals surface area contributed by atoms with Crippen molar-refractivity contribution in [3.63, 3.8) is 0 Å². The number of carbonyl (C=O) groups is 1. The Balaban J connectivity index is 1.69. The van der Waals surface area contributed by atoms with Crippen LogP contribution in [-0.2, 0) is 17.8 Å². The molecule has 0 saturated heterocycles. The number of hydrogen-bond acceptors (Lipinski definition) is 3. The molecule has 1 saturated carbocycles. The average molecular weight is 330 g/mol. The number of hydrogen-bond donors (Lipinski definition) is 1. The van der Waals surface area contributed by atoms with Crippen LogP contribution in [0.15, 0.2) is 0 Å². The molecule has 5 nitrogen and oxygen atoms in total. The minimum absolute atomic E-state index is 0.130. The summed E-state index contributed by atoms with van der Waals surface area (Å²) in [6.07, 6.45) is 9.57. The Morgan fingerprint density at radius 3 is 2.83 bits per heavy atom. The molecule has 0 radical (unpaired) electrons. The van der Waals surface area contributed by atoms with Gasteiger partial charge in [0.05, 0.1) is 24.7 Å². The Hall–Kier alpha value is -1.83. The molecule has 0 atom stereocenters. The van der Waals surface area contributed by atoms with Crippen molar-refractivity contribution in [3.05, 3.63) is 17.0 Å². The van der Waals surface area contributed by atoms with Crippen molar-refractivity contribution in [2.24, 2.45) is 5.92 Å². The number of carbonyl (C=O) groups excluding carboxylic acids is 1. The van der Waals surface area contributed by atoms with Crippen LogP contribution < -0.4 is 5.32 Å². The third kappa shape index (κ3) is 5.36. The fourth-order valence-electron chi connectivity index (χ4n) is 3.71. The Kier molecular flexibility index (Phi) is 7.30. The molecule has 1 aliphatic carbocycles. The average Bonchev–Trinajstić information content (AvgIpc) is 3.17. The minimum atomic E-state index is 0.130. The normalized spacial score (nSPS) is 14.7. The summed E-state index contributed by atoms with van der Waals surface area (Å²) in [5.74, 6) is 1.02. The van der Waals surface area contributed by atoms with Crippen molar-refractivity contribution in [2.75, 3.05) is 6.54 Å². The van der Waals surface area contributed by atoms with Gasteiger partial charge in [0.2, 0.25) is 5.91 Å². The predicted molar refractivity (Wildman–Crippen MR) is 94.5 cm³/mol. The highest BCUT2D eigenvalue weighted by atomic mass is 16.1. The Labute approximate surface area is 145 Å². The second kappa shape index (κ2) is 9.46. The van der Waals surface area contributed by atoms with Gasteiger partial charge in [-0.15, -0.1) is 0 Å². The summed E-state index contributed by atoms with van der Waals surface area (Å²) in [7, 11) is 0. The topological polar surface area (TPSA) is 70.7 Å². The molecular formula is C19H30N4O. The van der Waals surface area contributed by atoms with Crippen LogP contribution in [0.2, 0.25) is 0 Å². The summed E-state index contributed by atoms with van der Waals surface area (Å²) in [4.78, 5) is 12.0. The van der Waals surface area contributed by atoms with Gasteiger partial charge in [0.25, 0.3) is 0 Å². The third-order valence-corrected chi connectivity index (χ3v) is 5.15. The monoisotopic (exact) mass is 330 g/mol. The van der Waals surface area contributed by atoms with Gasteiger partial charge in [0.15, 0.2) is 0 Å². The van der Waals surface area contributed by atoms with Crippen molar-refractivity contribution < 1.29 is 4.79 Å². The van der Waals surface area contributed by atoms with Crippen LogP contribution in [0, 0.1) is 31.1 Å². The predicted octanol–water partition coefficient (Wildman–Crippen LogP) is 3.43. The summed E-state index contributed by atoms with van der Waals surface area (Å²) < 4.78 is 1.88. The van der Waals surface area contributed by atoms with E-state index in [4.69, 9.17) is 5.26 Å². The fourth-order valence-corrected chi connectivity index (χ4v) is 3.71. The van der Waals surface area contributed by atoms with Crippen LogP contribution in [0.5, 0.6) is 0 Å². The SMILES string of the molecule is Cc1nn(CCC#N)c(C)c1CCC(=O)NCCCC1CCCC1. The van der Waals surface area contributed by atoms with Crippen molar-refractivity contribution in [1.82, 2.24) is 15.1 Å². The van der Waals surface area contributed by atoms with Gasteiger partial charge in [0, 0.05) is 18.7 Å². The zero-order valence-corrected chi connectivity index (χ0v) is 15.1. The van der Waals surface area contributed by atoms with Gasteiger partial charge in [-0.3, -0.25) is 9.48 Å². The quantitative estimate of drug-likeness (QED) is 0.705. The van der Waals surface area contributed by atoms with Gasteiger partial charge in [-0.05, 0) is 44.6 Å². The molecule has 0 bridgehead atoms. The van der Waals surface area contributed by atoms with E-state index in [2.05, 4.69) is 16.5 Å². The molecule has 1 aromatic rings. The lowest BCUT2D eigenvalue weighted by Gasteiger charge is -2.09. The summed E-state index contributed by atoms with van der Waals surface area (Å²) in [5, 5.41) is 16.2. The second-order valence-corrected chi connectivity index (χ2v) is 6.92. The molecule has 1 aliphatic rings. The van der Waals surface area contributed by atoms with E-state index in [-0.39, 0.29) is 5.91 Å². The smallest absolute Gasteiger partial charge is 0.220 e. The first-order valence-corrected chi connectivity index (χ1v) is 9.28. The second-order valence-electron chi connectivity index (χ2n) is 6.92. The van der Waals surface area contributed by atoms with Crippen molar-refractivity contribution in [3.8, 4) is 6.07 Å². The minimum Gasteiger partial charge on any atom is -0.356 e. The van der Waals surface area contributed by atoms with Crippen LogP contribution in [0.25, 0.3) is 0 Å². The summed E-state index contributed by atoms with van der Waals surface area (Å²) in [6, 6.07) is 2.15. The molecule has 0 aromatic carbocycles. The summed E-state index contributed by atoms with van der Waals surface area (Å²) >= 11 is 0. The summed E-state index contributed by atoms with van der Waals surface area (Å²) in [6.45, 7) is 5.42. The maximum absolute atomic E-state index is 12.0. The molecule has 0 spiro atoms. The van der Waals surface area contributed by atoms with Crippen LogP contribution in [0.3, 0.4) is 0 Å². The van der Waals surface area contributed by atoms with E-state index >= 15 is 0 Å². The lowest BCUT2D eigenvalue weighted by molar-refractivity contribution is -0.121. The van der Waals surface area contributed by atoms with E-state index in [1.807, 2.05) is 18.5 Å². The van der Waals surface area contributed by atoms with Gasteiger partial charge in [0.1, 0.15) is 0 Å². The zero-order chi connectivity index (χ0) is 17.4. The van der Waals surface area contributed by atoms with Gasteiger partial charge in [-0.2, -0.15) is 10.4 Å². The molecule has 0 unspecified atom stereocenters. The van der Waals surface area contributed by atoms with Crippen molar-refractivity contribution in [2.45, 2.75) is 78.2 Å². The number of nitrogens with zero attached hydrogens (tertiary/aromatic N) is 3. The van der Waals surface area contributed by atoms with Crippen LogP contribution >= 0.6 is 0 Å². The first kappa shape index (κ1) is 18.5. The standard InChI is InChI=1S/C19H30N4O/c1-15-18(16(2)23(22-15)14-6-12-20)10-11-19(24)21-13-5-9-17-7-3-4-8-17/h17H,3-11,13-14H2,1-2H3,(H,21,24). The number of aryl methyl sites for hydroxylation is 2. The molecule has 0 aliphatic heterocycles. The highest BCUT2D eigenvalue weighted by Gasteiger charge is 2.15. The first-order valence-electron chi connectivity index (χ1n) is 9.28. The molecule has 5 heteroatoms. The van der Waals surface area contributed by atoms with E-state index in [1.54, 1.807) is 0 Å². The first-order chi connectivity index (χ1) is 11.6. The van der Waals surface area contributed by atoms with Gasteiger partial charge >= 0.3 is 0 Å². The largest absolute Gasteiger partial charge is 0.356 e. The van der Waals surface area contributed by atoms with E-state index < -0.39 is 0 Å². The molecule has 1 heterocycles. The highest BCUT2D eigenvalue weighted by molar-refractivity contribution is 5.76. The van der Waals surface area contributed by atoms with Gasteiger partial charge in [-0.25, -0.2) is 0 Å². The van der Waals surface area contributed by atoms with E-state index in [9.17, 15) is 4.79 Å². The van der Waals surface area contributed by atoms with E-state index in [1.165, 1.54) is 32.1 Å². The molecule has 24 heavy (non-hydrogen) atoms. The molecular weight excluding hydrogens is 300 g/mol. The molecule has 1 fully saturated rings. The van der Waals surface area contributed by atoms with Crippen molar-refractivity contribution >= 4 is 5.91 Å². The number of nitrogens with one attached hydrogen (secondary N) is 1. The Morgan fingerprint density at radius 1 is 1.38 bits per heavy atom. The molecule has 1 aromatic heterocycles. The highest BCUT2D eigenvalue weighted by Crippen LogP contribution is 2.28. The third-order valence-electron chi connectivity index (χ3n) is 5.15. The lowest BCUT2D eigenvalue weighted by Crippen LogP contribution is -2.25. The zero-order valence-electron chi connectivity index (χ0n) is 15.1. The van der Waals surface area contributed by atoms with Gasteiger partial charge < -0.3 is 5.32 Å². The molecule has 132 valence electrons. The van der Waals surface area contributed by atoms with E-state index in [0.29, 0.717) is 19.4 Å². The lowest BCUT2D eigenvalue weighted by atomic mass is 10.0. The Bertz CT molecular complexity index is 579. The fraction of sp³-hybridized carbons (Fsp3) is 0.737. The van der Waals surface area contributed by atoms with Crippen LogP contribution in [0.1, 0.15) is 68.3 Å². The van der Waals surface area contributed by atoms with Crippen LogP contribution in [0.4, 0.5) is 0 Å². The molecule has 1 N–H and O–H groups in total. The van der Waals surface area contributed by atoms with Gasteiger partial charge in [-0.1, -0.05) is 25.7 Å². The number of aromatic nitrogens is 2. The molecule has 1 amide bonds. The maximum Gasteiger partial charge on any atom is 0.220 e. The number of rotatable bonds is 9. The Morgan fingerprint density at radius 2 is 2.12 bits per heavy atom. The maximum atomic E-state index is 12.0. The summed E-state index contributed by atoms with van der Waals surface area (Å²) in [5.41, 5.74) is 3.20. The number of nitriles is 1.